The van der Waals surface area contributed by atoms with E-state index in [9.17, 15) is 9.18 Å². The molecule has 0 bridgehead atoms. The fourth-order valence-corrected chi connectivity index (χ4v) is 1.20. The third-order valence-corrected chi connectivity index (χ3v) is 2.23. The molecular formula is C11H16ClFN2O2. The van der Waals surface area contributed by atoms with Crippen LogP contribution in [-0.2, 0) is 9.53 Å². The topological polar surface area (TPSA) is 64.3 Å². The van der Waals surface area contributed by atoms with E-state index >= 15 is 0 Å². The van der Waals surface area contributed by atoms with Crippen molar-refractivity contribution in [3.8, 4) is 0 Å². The Hall–Kier alpha value is -1.17. The summed E-state index contributed by atoms with van der Waals surface area (Å²) in [7, 11) is 1.40. The Labute approximate surface area is 106 Å². The van der Waals surface area contributed by atoms with Crippen LogP contribution in [0.4, 0.5) is 10.1 Å². The smallest absolute Gasteiger partial charge is 0.254 e. The first-order chi connectivity index (χ1) is 7.58. The molecule has 0 saturated heterocycles. The Bertz CT molecular complexity index is 384. The fraction of sp³-hybridized carbons (Fsp3) is 0.364. The quantitative estimate of drug-likeness (QED) is 0.864. The number of nitrogens with one attached hydrogen (secondary N) is 1. The van der Waals surface area contributed by atoms with Gasteiger partial charge in [-0.1, -0.05) is 6.07 Å². The normalized spacial score (nSPS) is 11.5. The zero-order chi connectivity index (χ0) is 12.1. The van der Waals surface area contributed by atoms with Gasteiger partial charge in [0.15, 0.2) is 0 Å². The van der Waals surface area contributed by atoms with Crippen molar-refractivity contribution in [3.63, 3.8) is 0 Å². The van der Waals surface area contributed by atoms with E-state index in [-0.39, 0.29) is 30.7 Å². The minimum atomic E-state index is -0.718. The molecule has 0 fully saturated rings. The van der Waals surface area contributed by atoms with Gasteiger partial charge in [-0.3, -0.25) is 4.79 Å². The molecule has 3 N–H and O–H groups in total. The van der Waals surface area contributed by atoms with Crippen LogP contribution in [0.5, 0.6) is 0 Å². The Balaban J connectivity index is 0.00000256. The highest BCUT2D eigenvalue weighted by Gasteiger charge is 2.15. The Kier molecular flexibility index (Phi) is 6.72. The molecule has 1 aromatic rings. The Morgan fingerprint density at radius 2 is 2.24 bits per heavy atom. The van der Waals surface area contributed by atoms with Crippen molar-refractivity contribution in [2.45, 2.75) is 13.0 Å². The molecule has 1 aromatic carbocycles. The summed E-state index contributed by atoms with van der Waals surface area (Å²) >= 11 is 0. The third kappa shape index (κ3) is 4.30. The maximum absolute atomic E-state index is 13.2. The van der Waals surface area contributed by atoms with E-state index in [0.29, 0.717) is 11.3 Å². The second-order valence-corrected chi connectivity index (χ2v) is 3.41. The number of hydrogen-bond acceptors (Lipinski definition) is 3. The van der Waals surface area contributed by atoms with Crippen molar-refractivity contribution >= 4 is 24.0 Å². The second kappa shape index (κ2) is 7.21. The molecule has 1 atom stereocenters. The molecule has 0 aliphatic heterocycles. The molecule has 0 spiro atoms. The van der Waals surface area contributed by atoms with Crippen molar-refractivity contribution in [2.24, 2.45) is 5.73 Å². The molecule has 0 aliphatic carbocycles. The highest BCUT2D eigenvalue weighted by atomic mass is 35.5. The van der Waals surface area contributed by atoms with Crippen LogP contribution in [0.15, 0.2) is 18.2 Å². The summed E-state index contributed by atoms with van der Waals surface area (Å²) in [5.41, 5.74) is 6.25. The second-order valence-electron chi connectivity index (χ2n) is 3.41. The van der Waals surface area contributed by atoms with E-state index in [1.54, 1.807) is 19.1 Å². The van der Waals surface area contributed by atoms with Gasteiger partial charge in [0.25, 0.3) is 5.91 Å². The van der Waals surface area contributed by atoms with Crippen molar-refractivity contribution in [1.29, 1.82) is 0 Å². The minimum absolute atomic E-state index is 0. The molecule has 0 aromatic heterocycles. The van der Waals surface area contributed by atoms with E-state index in [1.165, 1.54) is 13.2 Å². The first-order valence-corrected chi connectivity index (χ1v) is 4.88. The summed E-state index contributed by atoms with van der Waals surface area (Å²) in [5.74, 6) is -0.743. The Morgan fingerprint density at radius 1 is 1.59 bits per heavy atom. The van der Waals surface area contributed by atoms with Gasteiger partial charge in [-0.2, -0.15) is 0 Å². The van der Waals surface area contributed by atoms with Crippen molar-refractivity contribution in [3.05, 3.63) is 29.6 Å². The van der Waals surface area contributed by atoms with Gasteiger partial charge in [-0.25, -0.2) is 4.39 Å². The number of methoxy groups -OCH3 is 1. The summed E-state index contributed by atoms with van der Waals surface area (Å²) in [6.45, 7) is 1.73. The number of carbonyl (C=O) groups is 1. The molecule has 17 heavy (non-hydrogen) atoms. The number of ether oxygens (including phenoxy) is 1. The van der Waals surface area contributed by atoms with Gasteiger partial charge in [-0.05, 0) is 24.6 Å². The van der Waals surface area contributed by atoms with Crippen LogP contribution in [0.25, 0.3) is 0 Å². The SMILES string of the molecule is COC(CN)C(=O)Nc1ccc(C)c(F)c1.Cl. The van der Waals surface area contributed by atoms with Crippen LogP contribution in [0.3, 0.4) is 0 Å². The highest BCUT2D eigenvalue weighted by Crippen LogP contribution is 2.13. The fourth-order valence-electron chi connectivity index (χ4n) is 1.20. The van der Waals surface area contributed by atoms with Crippen molar-refractivity contribution in [2.75, 3.05) is 19.0 Å². The predicted octanol–water partition coefficient (Wildman–Crippen LogP) is 1.47. The van der Waals surface area contributed by atoms with Crippen molar-refractivity contribution < 1.29 is 13.9 Å². The summed E-state index contributed by atoms with van der Waals surface area (Å²) in [4.78, 5) is 11.5. The molecule has 0 aliphatic rings. The molecule has 0 heterocycles. The van der Waals surface area contributed by atoms with Crippen LogP contribution in [0.2, 0.25) is 0 Å². The lowest BCUT2D eigenvalue weighted by molar-refractivity contribution is -0.125. The van der Waals surface area contributed by atoms with Gasteiger partial charge < -0.3 is 15.8 Å². The zero-order valence-corrected chi connectivity index (χ0v) is 10.5. The summed E-state index contributed by atoms with van der Waals surface area (Å²) in [6, 6.07) is 4.48. The number of carbonyl (C=O) groups excluding carboxylic acids is 1. The number of anilines is 1. The van der Waals surface area contributed by atoms with Gasteiger partial charge >= 0.3 is 0 Å². The monoisotopic (exact) mass is 262 g/mol. The first kappa shape index (κ1) is 15.8. The van der Waals surface area contributed by atoms with Crippen LogP contribution >= 0.6 is 12.4 Å². The third-order valence-electron chi connectivity index (χ3n) is 2.23. The van der Waals surface area contributed by atoms with Crippen LogP contribution in [0, 0.1) is 12.7 Å². The van der Waals surface area contributed by atoms with E-state index in [1.807, 2.05) is 0 Å². The van der Waals surface area contributed by atoms with Crippen LogP contribution in [0.1, 0.15) is 5.56 Å². The average molecular weight is 263 g/mol. The average Bonchev–Trinajstić information content (AvgIpc) is 2.25. The predicted molar refractivity (Wildman–Crippen MR) is 66.9 cm³/mol. The number of nitrogens with two attached hydrogens (primary N) is 1. The van der Waals surface area contributed by atoms with Gasteiger partial charge in [0, 0.05) is 19.3 Å². The lowest BCUT2D eigenvalue weighted by Gasteiger charge is -2.13. The number of hydrogen-bond donors (Lipinski definition) is 2. The van der Waals surface area contributed by atoms with E-state index in [4.69, 9.17) is 10.5 Å². The maximum Gasteiger partial charge on any atom is 0.254 e. The maximum atomic E-state index is 13.2. The molecular weight excluding hydrogens is 247 g/mol. The largest absolute Gasteiger partial charge is 0.370 e. The molecule has 0 saturated carbocycles. The molecule has 1 unspecified atom stereocenters. The van der Waals surface area contributed by atoms with Gasteiger partial charge in [0.1, 0.15) is 11.9 Å². The van der Waals surface area contributed by atoms with Gasteiger partial charge in [0.2, 0.25) is 0 Å². The molecule has 96 valence electrons. The molecule has 1 rings (SSSR count). The summed E-state index contributed by atoms with van der Waals surface area (Å²) < 4.78 is 18.0. The zero-order valence-electron chi connectivity index (χ0n) is 9.70. The van der Waals surface area contributed by atoms with Gasteiger partial charge in [-0.15, -0.1) is 12.4 Å². The van der Waals surface area contributed by atoms with E-state index in [0.717, 1.165) is 0 Å². The van der Waals surface area contributed by atoms with Crippen LogP contribution in [-0.4, -0.2) is 25.7 Å². The number of rotatable bonds is 4. The van der Waals surface area contributed by atoms with Crippen LogP contribution < -0.4 is 11.1 Å². The highest BCUT2D eigenvalue weighted by molar-refractivity contribution is 5.94. The number of halogens is 2. The lowest BCUT2D eigenvalue weighted by atomic mass is 10.2. The molecule has 1 amide bonds. The summed E-state index contributed by atoms with van der Waals surface area (Å²) in [5, 5.41) is 2.53. The standard InChI is InChI=1S/C11H15FN2O2.ClH/c1-7-3-4-8(5-9(7)12)14-11(15)10(6-13)16-2;/h3-5,10H,6,13H2,1-2H3,(H,14,15);1H. The summed E-state index contributed by atoms with van der Waals surface area (Å²) in [6.07, 6.45) is -0.718. The van der Waals surface area contributed by atoms with Crippen molar-refractivity contribution in [1.82, 2.24) is 0 Å². The Morgan fingerprint density at radius 3 is 2.71 bits per heavy atom. The molecule has 6 heteroatoms. The lowest BCUT2D eigenvalue weighted by Crippen LogP contribution is -2.35. The number of aryl methyl sites for hydroxylation is 1. The number of amides is 1. The minimum Gasteiger partial charge on any atom is -0.370 e. The van der Waals surface area contributed by atoms with E-state index in [2.05, 4.69) is 5.32 Å². The molecule has 0 radical (unpaired) electrons. The number of benzene rings is 1. The van der Waals surface area contributed by atoms with E-state index < -0.39 is 6.10 Å². The first-order valence-electron chi connectivity index (χ1n) is 4.88. The molecule has 4 nitrogen and oxygen atoms in total. The van der Waals surface area contributed by atoms with Gasteiger partial charge in [0.05, 0.1) is 0 Å².